The lowest BCUT2D eigenvalue weighted by atomic mass is 9.85. The molecule has 2 unspecified atom stereocenters. The van der Waals surface area contributed by atoms with Crippen molar-refractivity contribution in [3.8, 4) is 0 Å². The zero-order valence-corrected chi connectivity index (χ0v) is 23.4. The molecule has 0 aliphatic carbocycles. The van der Waals surface area contributed by atoms with Gasteiger partial charge < -0.3 is 14.5 Å². The quantitative estimate of drug-likeness (QED) is 0.341. The second-order valence-electron chi connectivity index (χ2n) is 11.2. The van der Waals surface area contributed by atoms with Crippen LogP contribution < -0.4 is 0 Å². The summed E-state index contributed by atoms with van der Waals surface area (Å²) in [6.45, 7) is 6.03. The van der Waals surface area contributed by atoms with Gasteiger partial charge in [0.25, 0.3) is 0 Å². The molecule has 2 fully saturated rings. The summed E-state index contributed by atoms with van der Waals surface area (Å²) in [4.78, 5) is 28.6. The van der Waals surface area contributed by atoms with Crippen LogP contribution in [0.2, 0.25) is 0 Å². The molecule has 0 bridgehead atoms. The molecule has 2 amide bonds. The lowest BCUT2D eigenvalue weighted by Crippen LogP contribution is -2.43. The maximum Gasteiger partial charge on any atom is 0.416 e. The van der Waals surface area contributed by atoms with E-state index in [1.54, 1.807) is 28.9 Å². The summed E-state index contributed by atoms with van der Waals surface area (Å²) in [6, 6.07) is 7.18. The van der Waals surface area contributed by atoms with Crippen LogP contribution in [0.4, 0.5) is 30.7 Å². The SMILES string of the molecule is CC(=O)N1CCC(C(=O)N2C[C@@H](c3ccc(F)cc3)[C@H](C(C)OC(C)c3cc(C(F)(F)F)cc(C(F)(F)F)c3)C2)CC1. The molecule has 4 atom stereocenters. The second-order valence-corrected chi connectivity index (χ2v) is 11.2. The summed E-state index contributed by atoms with van der Waals surface area (Å²) in [5.41, 5.74) is -2.38. The molecule has 2 saturated heterocycles. The highest BCUT2D eigenvalue weighted by Gasteiger charge is 2.43. The third-order valence-corrected chi connectivity index (χ3v) is 8.37. The number of hydrogen-bond donors (Lipinski definition) is 0. The number of benzene rings is 2. The smallest absolute Gasteiger partial charge is 0.370 e. The van der Waals surface area contributed by atoms with Gasteiger partial charge in [-0.25, -0.2) is 4.39 Å². The molecule has 0 saturated carbocycles. The number of alkyl halides is 6. The first kappa shape index (κ1) is 31.8. The average molecular weight is 603 g/mol. The van der Waals surface area contributed by atoms with Crippen molar-refractivity contribution >= 4 is 11.8 Å². The van der Waals surface area contributed by atoms with Crippen LogP contribution >= 0.6 is 0 Å². The number of nitrogens with zero attached hydrogens (tertiary/aromatic N) is 2. The first-order chi connectivity index (χ1) is 19.5. The Bertz CT molecular complexity index is 1240. The highest BCUT2D eigenvalue weighted by atomic mass is 19.4. The molecular formula is C30H33F7N2O3. The fraction of sp³-hybridized carbons (Fsp3) is 0.533. The van der Waals surface area contributed by atoms with Gasteiger partial charge in [0.05, 0.1) is 23.3 Å². The van der Waals surface area contributed by atoms with Crippen molar-refractivity contribution in [1.29, 1.82) is 0 Å². The van der Waals surface area contributed by atoms with Gasteiger partial charge in [-0.3, -0.25) is 9.59 Å². The van der Waals surface area contributed by atoms with Crippen molar-refractivity contribution in [2.75, 3.05) is 26.2 Å². The van der Waals surface area contributed by atoms with Crippen molar-refractivity contribution in [2.45, 2.75) is 64.1 Å². The number of carbonyl (C=O) groups is 2. The first-order valence-corrected chi connectivity index (χ1v) is 13.8. The number of halogens is 7. The van der Waals surface area contributed by atoms with Crippen LogP contribution in [0.3, 0.4) is 0 Å². The van der Waals surface area contributed by atoms with Gasteiger partial charge in [0.2, 0.25) is 11.8 Å². The molecule has 2 aliphatic heterocycles. The molecule has 0 spiro atoms. The Balaban J connectivity index is 1.56. The molecule has 42 heavy (non-hydrogen) atoms. The summed E-state index contributed by atoms with van der Waals surface area (Å²) in [6.07, 6.45) is -10.7. The van der Waals surface area contributed by atoms with Crippen LogP contribution in [-0.4, -0.2) is 53.9 Å². The van der Waals surface area contributed by atoms with Crippen LogP contribution in [0.1, 0.15) is 67.9 Å². The van der Waals surface area contributed by atoms with Gasteiger partial charge in [-0.2, -0.15) is 26.3 Å². The molecular weight excluding hydrogens is 569 g/mol. The van der Waals surface area contributed by atoms with Crippen molar-refractivity contribution < 1.29 is 45.1 Å². The average Bonchev–Trinajstić information content (AvgIpc) is 3.37. The van der Waals surface area contributed by atoms with Crippen LogP contribution in [0.25, 0.3) is 0 Å². The predicted octanol–water partition coefficient (Wildman–Crippen LogP) is 6.83. The number of carbonyl (C=O) groups excluding carboxylic acids is 2. The molecule has 5 nitrogen and oxygen atoms in total. The molecule has 0 aromatic heterocycles. The monoisotopic (exact) mass is 602 g/mol. The number of hydrogen-bond acceptors (Lipinski definition) is 3. The van der Waals surface area contributed by atoms with E-state index < -0.39 is 41.5 Å². The van der Waals surface area contributed by atoms with Gasteiger partial charge in [0, 0.05) is 50.9 Å². The van der Waals surface area contributed by atoms with Crippen molar-refractivity contribution in [1.82, 2.24) is 9.80 Å². The number of likely N-dealkylation sites (tertiary alicyclic amines) is 2. The van der Waals surface area contributed by atoms with E-state index in [1.165, 1.54) is 26.0 Å². The Morgan fingerprint density at radius 3 is 1.90 bits per heavy atom. The van der Waals surface area contributed by atoms with E-state index in [1.807, 2.05) is 0 Å². The molecule has 2 aliphatic rings. The molecule has 4 rings (SSSR count). The van der Waals surface area contributed by atoms with E-state index >= 15 is 0 Å². The minimum absolute atomic E-state index is 0.0540. The lowest BCUT2D eigenvalue weighted by molar-refractivity contribution is -0.143. The van der Waals surface area contributed by atoms with Crippen LogP contribution in [0.5, 0.6) is 0 Å². The van der Waals surface area contributed by atoms with E-state index in [4.69, 9.17) is 4.74 Å². The Morgan fingerprint density at radius 1 is 0.857 bits per heavy atom. The van der Waals surface area contributed by atoms with Crippen molar-refractivity contribution in [2.24, 2.45) is 11.8 Å². The largest absolute Gasteiger partial charge is 0.416 e. The van der Waals surface area contributed by atoms with Gasteiger partial charge in [-0.1, -0.05) is 12.1 Å². The highest BCUT2D eigenvalue weighted by Crippen LogP contribution is 2.41. The molecule has 0 radical (unpaired) electrons. The Morgan fingerprint density at radius 2 is 1.40 bits per heavy atom. The normalized spacial score (nSPS) is 21.9. The van der Waals surface area contributed by atoms with E-state index in [0.717, 1.165) is 5.56 Å². The van der Waals surface area contributed by atoms with E-state index in [9.17, 15) is 40.3 Å². The van der Waals surface area contributed by atoms with Gasteiger partial charge in [-0.05, 0) is 68.1 Å². The maximum absolute atomic E-state index is 13.7. The van der Waals surface area contributed by atoms with Crippen molar-refractivity contribution in [3.05, 3.63) is 70.5 Å². The fourth-order valence-electron chi connectivity index (χ4n) is 5.96. The summed E-state index contributed by atoms with van der Waals surface area (Å²) >= 11 is 0. The zero-order chi connectivity index (χ0) is 31.0. The molecule has 12 heteroatoms. The molecule has 2 heterocycles. The van der Waals surface area contributed by atoms with Gasteiger partial charge in [0.15, 0.2) is 0 Å². The zero-order valence-electron chi connectivity index (χ0n) is 23.4. The third kappa shape index (κ3) is 7.25. The van der Waals surface area contributed by atoms with E-state index in [-0.39, 0.29) is 47.7 Å². The Kier molecular flexibility index (Phi) is 9.25. The molecule has 230 valence electrons. The molecule has 0 N–H and O–H groups in total. The Labute approximate surface area is 239 Å². The van der Waals surface area contributed by atoms with Crippen LogP contribution in [0.15, 0.2) is 42.5 Å². The lowest BCUT2D eigenvalue weighted by Gasteiger charge is -2.32. The van der Waals surface area contributed by atoms with E-state index in [2.05, 4.69) is 0 Å². The van der Waals surface area contributed by atoms with Crippen molar-refractivity contribution in [3.63, 3.8) is 0 Å². The Hall–Kier alpha value is -3.15. The predicted molar refractivity (Wildman–Crippen MR) is 140 cm³/mol. The fourth-order valence-corrected chi connectivity index (χ4v) is 5.96. The third-order valence-electron chi connectivity index (χ3n) is 8.37. The highest BCUT2D eigenvalue weighted by molar-refractivity contribution is 5.80. The topological polar surface area (TPSA) is 49.9 Å². The summed E-state index contributed by atoms with van der Waals surface area (Å²) in [5, 5.41) is 0. The molecule has 2 aromatic carbocycles. The number of piperidine rings is 1. The van der Waals surface area contributed by atoms with E-state index in [0.29, 0.717) is 44.6 Å². The minimum Gasteiger partial charge on any atom is -0.370 e. The maximum atomic E-state index is 13.7. The van der Waals surface area contributed by atoms with Gasteiger partial charge in [-0.15, -0.1) is 0 Å². The van der Waals surface area contributed by atoms with Crippen LogP contribution in [0, 0.1) is 17.7 Å². The summed E-state index contributed by atoms with van der Waals surface area (Å²) in [7, 11) is 0. The standard InChI is InChI=1S/C30H33F7N2O3/c1-17(22-12-23(29(32,33)34)14-24(13-22)30(35,36)37)42-18(2)26-15-39(16-27(26)20-4-6-25(31)7-5-20)28(41)21-8-10-38(11-9-21)19(3)40/h4-7,12-14,17-18,21,26-27H,8-11,15-16H2,1-3H3/t17?,18?,26-,27-/m0/s1. The summed E-state index contributed by atoms with van der Waals surface area (Å²) in [5.74, 6) is -1.54. The number of rotatable bonds is 6. The molecule has 2 aromatic rings. The minimum atomic E-state index is -4.98. The van der Waals surface area contributed by atoms with Gasteiger partial charge in [0.1, 0.15) is 5.82 Å². The first-order valence-electron chi connectivity index (χ1n) is 13.8. The second kappa shape index (κ2) is 12.2. The number of ether oxygens (including phenoxy) is 1. The number of amides is 2. The van der Waals surface area contributed by atoms with Crippen LogP contribution in [-0.2, 0) is 26.7 Å². The summed E-state index contributed by atoms with van der Waals surface area (Å²) < 4.78 is 100. The van der Waals surface area contributed by atoms with Gasteiger partial charge >= 0.3 is 12.4 Å².